The fourth-order valence-electron chi connectivity index (χ4n) is 3.60. The van der Waals surface area contributed by atoms with Gasteiger partial charge in [-0.15, -0.1) is 13.2 Å². The van der Waals surface area contributed by atoms with Gasteiger partial charge in [-0.05, 0) is 38.0 Å². The summed E-state index contributed by atoms with van der Waals surface area (Å²) in [5, 5.41) is 14.2. The number of nitrogens with one attached hydrogen (secondary N) is 1. The van der Waals surface area contributed by atoms with E-state index in [1.165, 1.54) is 0 Å². The minimum absolute atomic E-state index is 0.0560. The highest BCUT2D eigenvalue weighted by Gasteiger charge is 2.33. The molecule has 1 aromatic carbocycles. The van der Waals surface area contributed by atoms with E-state index < -0.39 is 11.6 Å². The first-order chi connectivity index (χ1) is 14.2. The Labute approximate surface area is 183 Å². The Kier molecular flexibility index (Phi) is 8.50. The monoisotopic (exact) mass is 434 g/mol. The predicted octanol–water partition coefficient (Wildman–Crippen LogP) is 3.73. The van der Waals surface area contributed by atoms with Gasteiger partial charge in [0.2, 0.25) is 5.91 Å². The highest BCUT2D eigenvalue weighted by atomic mass is 35.5. The average molecular weight is 435 g/mol. The molecule has 1 heterocycles. The van der Waals surface area contributed by atoms with Crippen molar-refractivity contribution >= 4 is 23.4 Å². The number of rotatable bonds is 9. The van der Waals surface area contributed by atoms with Crippen molar-refractivity contribution in [3.8, 4) is 5.75 Å². The Morgan fingerprint density at radius 2 is 1.93 bits per heavy atom. The highest BCUT2D eigenvalue weighted by molar-refractivity contribution is 6.31. The van der Waals surface area contributed by atoms with E-state index in [0.29, 0.717) is 55.1 Å². The largest absolute Gasteiger partial charge is 0.489 e. The lowest BCUT2D eigenvalue weighted by Crippen LogP contribution is -2.50. The van der Waals surface area contributed by atoms with Crippen LogP contribution in [0, 0.1) is 0 Å². The molecule has 1 atom stereocenters. The number of ether oxygens (including phenoxy) is 1. The first kappa shape index (κ1) is 24.0. The van der Waals surface area contributed by atoms with Crippen LogP contribution in [0.1, 0.15) is 49.9 Å². The first-order valence-electron chi connectivity index (χ1n) is 10.2. The second kappa shape index (κ2) is 10.6. The number of piperidine rings is 1. The van der Waals surface area contributed by atoms with E-state index in [1.807, 2.05) is 0 Å². The second-order valence-electron chi connectivity index (χ2n) is 7.75. The Hall–Kier alpha value is -2.31. The van der Waals surface area contributed by atoms with Crippen molar-refractivity contribution in [1.82, 2.24) is 10.2 Å². The molecule has 2 amide bonds. The number of aliphatic hydroxyl groups is 1. The van der Waals surface area contributed by atoms with Gasteiger partial charge < -0.3 is 20.1 Å². The van der Waals surface area contributed by atoms with Crippen LogP contribution in [-0.2, 0) is 4.79 Å². The van der Waals surface area contributed by atoms with Crippen molar-refractivity contribution in [2.75, 3.05) is 13.1 Å². The Bertz CT molecular complexity index is 777. The molecule has 0 aromatic heterocycles. The fourth-order valence-corrected chi connectivity index (χ4v) is 3.77. The summed E-state index contributed by atoms with van der Waals surface area (Å²) in [4.78, 5) is 26.3. The zero-order valence-corrected chi connectivity index (χ0v) is 18.5. The van der Waals surface area contributed by atoms with Gasteiger partial charge in [-0.2, -0.15) is 0 Å². The Balaban J connectivity index is 2.14. The lowest BCUT2D eigenvalue weighted by atomic mass is 9.88. The van der Waals surface area contributed by atoms with Gasteiger partial charge in [0.25, 0.3) is 5.91 Å². The lowest BCUT2D eigenvalue weighted by Gasteiger charge is -2.34. The number of halogens is 1. The van der Waals surface area contributed by atoms with Crippen molar-refractivity contribution in [2.45, 2.75) is 57.3 Å². The Morgan fingerprint density at radius 3 is 2.47 bits per heavy atom. The molecule has 164 valence electrons. The minimum Gasteiger partial charge on any atom is -0.489 e. The van der Waals surface area contributed by atoms with E-state index in [4.69, 9.17) is 16.3 Å². The van der Waals surface area contributed by atoms with Crippen LogP contribution >= 0.6 is 11.6 Å². The number of carbonyl (C=O) groups excluding carboxylic acids is 2. The summed E-state index contributed by atoms with van der Waals surface area (Å²) in [5.74, 6) is 0.106. The van der Waals surface area contributed by atoms with E-state index in [0.717, 1.165) is 0 Å². The molecular weight excluding hydrogens is 404 g/mol. The second-order valence-corrected chi connectivity index (χ2v) is 8.18. The zero-order valence-electron chi connectivity index (χ0n) is 17.7. The van der Waals surface area contributed by atoms with Crippen LogP contribution in [0.5, 0.6) is 5.75 Å². The van der Waals surface area contributed by atoms with E-state index in [9.17, 15) is 14.7 Å². The van der Waals surface area contributed by atoms with Gasteiger partial charge in [0, 0.05) is 37.9 Å². The normalized spacial score (nSPS) is 15.9. The number of nitrogens with zero attached hydrogens (tertiary/aromatic N) is 1. The molecule has 0 radical (unpaired) electrons. The van der Waals surface area contributed by atoms with Gasteiger partial charge in [-0.3, -0.25) is 9.59 Å². The summed E-state index contributed by atoms with van der Waals surface area (Å²) in [6.07, 6.45) is 5.16. The predicted molar refractivity (Wildman–Crippen MR) is 119 cm³/mol. The molecule has 0 aliphatic carbocycles. The van der Waals surface area contributed by atoms with Crippen molar-refractivity contribution < 1.29 is 19.4 Å². The fraction of sp³-hybridized carbons (Fsp3) is 0.478. The van der Waals surface area contributed by atoms with Crippen molar-refractivity contribution in [3.05, 3.63) is 54.1 Å². The van der Waals surface area contributed by atoms with Gasteiger partial charge in [0.15, 0.2) is 0 Å². The molecule has 0 bridgehead atoms. The molecular formula is C23H31ClN2O4. The number of amides is 2. The molecule has 1 fully saturated rings. The minimum atomic E-state index is -1.18. The van der Waals surface area contributed by atoms with E-state index >= 15 is 0 Å². The third-order valence-corrected chi connectivity index (χ3v) is 5.75. The van der Waals surface area contributed by atoms with Crippen molar-refractivity contribution in [3.63, 3.8) is 0 Å². The molecule has 1 aromatic rings. The highest BCUT2D eigenvalue weighted by Crippen LogP contribution is 2.28. The smallest absolute Gasteiger partial charge is 0.255 e. The van der Waals surface area contributed by atoms with Crippen molar-refractivity contribution in [1.29, 1.82) is 0 Å². The number of hydrogen-bond acceptors (Lipinski definition) is 4. The van der Waals surface area contributed by atoms with Gasteiger partial charge in [-0.1, -0.05) is 23.8 Å². The van der Waals surface area contributed by atoms with Crippen LogP contribution in [0.15, 0.2) is 43.5 Å². The van der Waals surface area contributed by atoms with Crippen LogP contribution in [0.3, 0.4) is 0 Å². The molecule has 2 N–H and O–H groups in total. The molecule has 2 rings (SSSR count). The molecule has 0 unspecified atom stereocenters. The van der Waals surface area contributed by atoms with Gasteiger partial charge in [-0.25, -0.2) is 0 Å². The molecule has 6 nitrogen and oxygen atoms in total. The maximum atomic E-state index is 13.0. The molecule has 1 aliphatic rings. The average Bonchev–Trinajstić information content (AvgIpc) is 2.70. The van der Waals surface area contributed by atoms with Crippen molar-refractivity contribution in [2.24, 2.45) is 0 Å². The summed E-state index contributed by atoms with van der Waals surface area (Å²) < 4.78 is 6.10. The molecule has 30 heavy (non-hydrogen) atoms. The quantitative estimate of drug-likeness (QED) is 0.580. The number of carbonyl (C=O) groups is 2. The van der Waals surface area contributed by atoms with Gasteiger partial charge >= 0.3 is 0 Å². The first-order valence-corrected chi connectivity index (χ1v) is 10.5. The summed E-state index contributed by atoms with van der Waals surface area (Å²) in [6.45, 7) is 11.9. The van der Waals surface area contributed by atoms with E-state index in [-0.39, 0.29) is 17.9 Å². The number of likely N-dealkylation sites (tertiary alicyclic amines) is 1. The van der Waals surface area contributed by atoms with Gasteiger partial charge in [0.1, 0.15) is 11.9 Å². The zero-order chi connectivity index (χ0) is 22.3. The summed E-state index contributed by atoms with van der Waals surface area (Å²) in [7, 11) is 0. The number of benzene rings is 1. The van der Waals surface area contributed by atoms with E-state index in [1.54, 1.807) is 49.1 Å². The maximum Gasteiger partial charge on any atom is 0.255 e. The SMILES string of the molecule is C=CCC(O)(CC=C)[C@@H](C)NC(=O)c1cc(Cl)ccc1OC1CCN(C(C)=O)CC1. The number of hydrogen-bond donors (Lipinski definition) is 2. The third-order valence-electron chi connectivity index (χ3n) is 5.52. The molecule has 0 spiro atoms. The molecule has 1 aliphatic heterocycles. The standard InChI is InChI=1S/C23H31ClN2O4/c1-5-11-23(29,12-6-2)16(3)25-22(28)20-15-18(24)7-8-21(20)30-19-9-13-26(14-10-19)17(4)27/h5-8,15-16,19,29H,1-2,9-14H2,3-4H3,(H,25,28)/t16-/m1/s1. The topological polar surface area (TPSA) is 78.9 Å². The molecule has 7 heteroatoms. The summed E-state index contributed by atoms with van der Waals surface area (Å²) in [5.41, 5.74) is -0.874. The Morgan fingerprint density at radius 1 is 1.33 bits per heavy atom. The van der Waals surface area contributed by atoms with Crippen LogP contribution in [0.4, 0.5) is 0 Å². The van der Waals surface area contributed by atoms with Crippen LogP contribution < -0.4 is 10.1 Å². The lowest BCUT2D eigenvalue weighted by molar-refractivity contribution is -0.130. The maximum absolute atomic E-state index is 13.0. The van der Waals surface area contributed by atoms with Crippen LogP contribution in [0.25, 0.3) is 0 Å². The van der Waals surface area contributed by atoms with Crippen LogP contribution in [0.2, 0.25) is 5.02 Å². The van der Waals surface area contributed by atoms with E-state index in [2.05, 4.69) is 18.5 Å². The summed E-state index contributed by atoms with van der Waals surface area (Å²) >= 11 is 6.13. The molecule has 1 saturated heterocycles. The summed E-state index contributed by atoms with van der Waals surface area (Å²) in [6, 6.07) is 4.36. The molecule has 0 saturated carbocycles. The third kappa shape index (κ3) is 6.09. The van der Waals surface area contributed by atoms with Gasteiger partial charge in [0.05, 0.1) is 17.2 Å². The van der Waals surface area contributed by atoms with Crippen LogP contribution in [-0.4, -0.2) is 52.7 Å².